The first-order valence-corrected chi connectivity index (χ1v) is 12.1. The van der Waals surface area contributed by atoms with Gasteiger partial charge in [-0.05, 0) is 24.3 Å². The molecule has 0 unspecified atom stereocenters. The van der Waals surface area contributed by atoms with E-state index in [0.717, 1.165) is 0 Å². The molecule has 1 fully saturated rings. The minimum Gasteiger partial charge on any atom is -0.362 e. The molecule has 1 amide bonds. The third-order valence-electron chi connectivity index (χ3n) is 5.49. The Morgan fingerprint density at radius 2 is 1.72 bits per heavy atom. The Kier molecular flexibility index (Phi) is 7.37. The van der Waals surface area contributed by atoms with Crippen molar-refractivity contribution in [2.24, 2.45) is 0 Å². The van der Waals surface area contributed by atoms with Gasteiger partial charge in [0.1, 0.15) is 10.6 Å². The van der Waals surface area contributed by atoms with Crippen molar-refractivity contribution in [2.45, 2.75) is 18.7 Å². The average Bonchev–Trinajstić information content (AvgIpc) is 2.79. The molecule has 1 saturated heterocycles. The molecule has 9 nitrogen and oxygen atoms in total. The predicted octanol–water partition coefficient (Wildman–Crippen LogP) is 3.24. The van der Waals surface area contributed by atoms with Gasteiger partial charge in [0, 0.05) is 50.9 Å². The van der Waals surface area contributed by atoms with E-state index in [-0.39, 0.29) is 27.1 Å². The van der Waals surface area contributed by atoms with Gasteiger partial charge in [-0.2, -0.15) is 4.31 Å². The van der Waals surface area contributed by atoms with Crippen LogP contribution >= 0.6 is 11.6 Å². The number of hydrogen-bond acceptors (Lipinski definition) is 6. The molecule has 0 saturated carbocycles. The maximum Gasteiger partial charge on any atom is 0.292 e. The van der Waals surface area contributed by atoms with E-state index in [1.165, 1.54) is 28.6 Å². The van der Waals surface area contributed by atoms with Crippen molar-refractivity contribution in [2.75, 3.05) is 44.2 Å². The number of amides is 1. The summed E-state index contributed by atoms with van der Waals surface area (Å²) >= 11 is 6.16. The first-order valence-electron chi connectivity index (χ1n) is 10.3. The molecule has 32 heavy (non-hydrogen) atoms. The Bertz CT molecular complexity index is 1110. The molecule has 1 aliphatic heterocycles. The lowest BCUT2D eigenvalue weighted by Gasteiger charge is -2.36. The highest BCUT2D eigenvalue weighted by Crippen LogP contribution is 2.29. The van der Waals surface area contributed by atoms with Crippen LogP contribution in [-0.2, 0) is 10.0 Å². The maximum atomic E-state index is 13.1. The molecule has 1 heterocycles. The van der Waals surface area contributed by atoms with Gasteiger partial charge in [-0.1, -0.05) is 37.6 Å². The summed E-state index contributed by atoms with van der Waals surface area (Å²) in [5.74, 6) is -0.306. The monoisotopic (exact) mass is 480 g/mol. The van der Waals surface area contributed by atoms with Gasteiger partial charge in [-0.25, -0.2) is 8.42 Å². The van der Waals surface area contributed by atoms with E-state index in [1.807, 2.05) is 4.90 Å². The van der Waals surface area contributed by atoms with Crippen molar-refractivity contribution >= 4 is 38.9 Å². The van der Waals surface area contributed by atoms with Crippen LogP contribution in [0.2, 0.25) is 5.02 Å². The van der Waals surface area contributed by atoms with Gasteiger partial charge in [-0.15, -0.1) is 0 Å². The van der Waals surface area contributed by atoms with Gasteiger partial charge in [0.2, 0.25) is 10.0 Å². The third kappa shape index (κ3) is 4.72. The van der Waals surface area contributed by atoms with E-state index < -0.39 is 14.9 Å². The van der Waals surface area contributed by atoms with Crippen LogP contribution in [-0.4, -0.2) is 67.7 Å². The number of carbonyl (C=O) groups excluding carboxylic acids is 1. The summed E-state index contributed by atoms with van der Waals surface area (Å²) in [6.07, 6.45) is 0. The van der Waals surface area contributed by atoms with Crippen LogP contribution in [0.15, 0.2) is 47.4 Å². The normalized spacial score (nSPS) is 14.6. The highest BCUT2D eigenvalue weighted by atomic mass is 35.5. The van der Waals surface area contributed by atoms with Gasteiger partial charge in [0.25, 0.3) is 11.6 Å². The molecule has 0 atom stereocenters. The van der Waals surface area contributed by atoms with Crippen LogP contribution in [0.3, 0.4) is 0 Å². The zero-order valence-electron chi connectivity index (χ0n) is 17.9. The van der Waals surface area contributed by atoms with Gasteiger partial charge < -0.3 is 9.80 Å². The quantitative estimate of drug-likeness (QED) is 0.445. The average molecular weight is 481 g/mol. The zero-order valence-corrected chi connectivity index (χ0v) is 19.5. The number of nitro benzene ring substituents is 1. The summed E-state index contributed by atoms with van der Waals surface area (Å²) in [5.41, 5.74) is 0.777. The van der Waals surface area contributed by atoms with Gasteiger partial charge in [0.05, 0.1) is 9.95 Å². The largest absolute Gasteiger partial charge is 0.362 e. The number of sulfonamides is 1. The smallest absolute Gasteiger partial charge is 0.292 e. The molecule has 0 N–H and O–H groups in total. The molecule has 0 spiro atoms. The molecule has 2 aromatic carbocycles. The summed E-state index contributed by atoms with van der Waals surface area (Å²) in [6, 6.07) is 10.8. The van der Waals surface area contributed by atoms with Crippen LogP contribution in [0.4, 0.5) is 11.4 Å². The summed E-state index contributed by atoms with van der Waals surface area (Å²) in [5, 5.41) is 11.4. The molecule has 172 valence electrons. The number of para-hydroxylation sites is 2. The summed E-state index contributed by atoms with van der Waals surface area (Å²) in [7, 11) is -3.82. The first-order chi connectivity index (χ1) is 15.2. The van der Waals surface area contributed by atoms with Crippen LogP contribution in [0.1, 0.15) is 24.2 Å². The fourth-order valence-corrected chi connectivity index (χ4v) is 5.71. The molecular formula is C21H25ClN4O5S. The minimum atomic E-state index is -3.82. The van der Waals surface area contributed by atoms with E-state index in [9.17, 15) is 23.3 Å². The van der Waals surface area contributed by atoms with Crippen molar-refractivity contribution in [3.63, 3.8) is 0 Å². The molecule has 0 bridgehead atoms. The lowest BCUT2D eigenvalue weighted by atomic mass is 10.1. The zero-order chi connectivity index (χ0) is 23.5. The second-order valence-electron chi connectivity index (χ2n) is 7.26. The highest BCUT2D eigenvalue weighted by Gasteiger charge is 2.29. The molecular weight excluding hydrogens is 456 g/mol. The molecule has 11 heteroatoms. The number of nitrogens with zero attached hydrogens (tertiary/aromatic N) is 4. The van der Waals surface area contributed by atoms with Crippen molar-refractivity contribution in [1.82, 2.24) is 9.21 Å². The number of nitro groups is 1. The maximum absolute atomic E-state index is 13.1. The second-order valence-corrected chi connectivity index (χ2v) is 9.57. The number of anilines is 1. The van der Waals surface area contributed by atoms with Crippen molar-refractivity contribution < 1.29 is 18.1 Å². The fourth-order valence-electron chi connectivity index (χ4n) is 3.76. The van der Waals surface area contributed by atoms with Crippen molar-refractivity contribution in [3.8, 4) is 0 Å². The molecule has 1 aliphatic rings. The standard InChI is InChI=1S/C21H25ClN4O5S/c1-3-25(4-2)32(30,31)20-15-16(9-10-17(20)22)21(27)24-13-11-23(12-14-24)18-7-5-6-8-19(18)26(28)29/h5-10,15H,3-4,11-14H2,1-2H3. The first kappa shape index (κ1) is 24.0. The molecule has 2 aromatic rings. The topological polar surface area (TPSA) is 104 Å². The van der Waals surface area contributed by atoms with E-state index in [4.69, 9.17) is 11.6 Å². The lowest BCUT2D eigenvalue weighted by molar-refractivity contribution is -0.384. The lowest BCUT2D eigenvalue weighted by Crippen LogP contribution is -2.49. The van der Waals surface area contributed by atoms with Crippen LogP contribution < -0.4 is 4.90 Å². The van der Waals surface area contributed by atoms with Gasteiger partial charge in [0.15, 0.2) is 0 Å². The number of piperazine rings is 1. The fraction of sp³-hybridized carbons (Fsp3) is 0.381. The summed E-state index contributed by atoms with van der Waals surface area (Å²) in [4.78, 5) is 27.3. The molecule has 3 rings (SSSR count). The summed E-state index contributed by atoms with van der Waals surface area (Å²) < 4.78 is 27.1. The van der Waals surface area contributed by atoms with Crippen LogP contribution in [0.25, 0.3) is 0 Å². The van der Waals surface area contributed by atoms with Crippen LogP contribution in [0, 0.1) is 10.1 Å². The Morgan fingerprint density at radius 1 is 1.09 bits per heavy atom. The van der Waals surface area contributed by atoms with E-state index in [1.54, 1.807) is 36.9 Å². The molecule has 0 aliphatic carbocycles. The Labute approximate surface area is 192 Å². The number of carbonyl (C=O) groups is 1. The van der Waals surface area contributed by atoms with E-state index in [2.05, 4.69) is 0 Å². The minimum absolute atomic E-state index is 0.0243. The van der Waals surface area contributed by atoms with E-state index in [0.29, 0.717) is 45.0 Å². The molecule has 0 radical (unpaired) electrons. The number of benzene rings is 2. The number of rotatable bonds is 7. The van der Waals surface area contributed by atoms with Crippen LogP contribution in [0.5, 0.6) is 0 Å². The number of hydrogen-bond donors (Lipinski definition) is 0. The highest BCUT2D eigenvalue weighted by molar-refractivity contribution is 7.89. The third-order valence-corrected chi connectivity index (χ3v) is 8.02. The Hall–Kier alpha value is -2.69. The van der Waals surface area contributed by atoms with Crippen molar-refractivity contribution in [3.05, 3.63) is 63.2 Å². The summed E-state index contributed by atoms with van der Waals surface area (Å²) in [6.45, 7) is 5.61. The molecule has 0 aromatic heterocycles. The van der Waals surface area contributed by atoms with Gasteiger partial charge >= 0.3 is 0 Å². The predicted molar refractivity (Wildman–Crippen MR) is 123 cm³/mol. The van der Waals surface area contributed by atoms with E-state index >= 15 is 0 Å². The Morgan fingerprint density at radius 3 is 2.31 bits per heavy atom. The Balaban J connectivity index is 1.78. The van der Waals surface area contributed by atoms with Crippen molar-refractivity contribution in [1.29, 1.82) is 0 Å². The second kappa shape index (κ2) is 9.85. The number of halogens is 1. The van der Waals surface area contributed by atoms with Gasteiger partial charge in [-0.3, -0.25) is 14.9 Å². The SMILES string of the molecule is CCN(CC)S(=O)(=O)c1cc(C(=O)N2CCN(c3ccccc3[N+](=O)[O-])CC2)ccc1Cl.